The first-order valence-electron chi connectivity index (χ1n) is 10.6. The van der Waals surface area contributed by atoms with E-state index >= 15 is 0 Å². The zero-order valence-electron chi connectivity index (χ0n) is 18.1. The summed E-state index contributed by atoms with van der Waals surface area (Å²) in [6.07, 6.45) is 1.48. The average Bonchev–Trinajstić information content (AvgIpc) is 2.79. The van der Waals surface area contributed by atoms with Crippen molar-refractivity contribution < 1.29 is 23.5 Å². The molecule has 3 amide bonds. The van der Waals surface area contributed by atoms with E-state index in [0.29, 0.717) is 30.7 Å². The summed E-state index contributed by atoms with van der Waals surface area (Å²) in [7, 11) is 1.48. The number of para-hydroxylation sites is 1. The molecule has 2 aromatic rings. The largest absolute Gasteiger partial charge is 0.493 e. The number of likely N-dealkylation sites (N-methyl/N-ethyl adjacent to an activating group) is 1. The Hall–Kier alpha value is -3.42. The maximum atomic E-state index is 13.7. The molecule has 2 N–H and O–H groups in total. The third kappa shape index (κ3) is 5.84. The third-order valence-electron chi connectivity index (χ3n) is 5.62. The predicted molar refractivity (Wildman–Crippen MR) is 117 cm³/mol. The molecular formula is C24H28FN3O4. The first-order chi connectivity index (χ1) is 15.4. The fraction of sp³-hybridized carbons (Fsp3) is 0.375. The number of carbonyl (C=O) groups is 3. The van der Waals surface area contributed by atoms with Crippen LogP contribution in [0, 0.1) is 11.7 Å². The van der Waals surface area contributed by atoms with E-state index in [1.165, 1.54) is 30.1 Å². The number of nitrogens with two attached hydrogens (primary N) is 1. The molecule has 170 valence electrons. The quantitative estimate of drug-likeness (QED) is 0.681. The summed E-state index contributed by atoms with van der Waals surface area (Å²) in [5, 5.41) is 0. The number of carbonyl (C=O) groups excluding carboxylic acids is 3. The number of likely N-dealkylation sites (tertiary alicyclic amines) is 1. The molecule has 1 aliphatic heterocycles. The van der Waals surface area contributed by atoms with Gasteiger partial charge >= 0.3 is 0 Å². The van der Waals surface area contributed by atoms with Crippen LogP contribution in [0.25, 0.3) is 0 Å². The highest BCUT2D eigenvalue weighted by Gasteiger charge is 2.34. The van der Waals surface area contributed by atoms with Gasteiger partial charge < -0.3 is 20.3 Å². The van der Waals surface area contributed by atoms with Gasteiger partial charge in [-0.2, -0.15) is 0 Å². The Balaban J connectivity index is 1.59. The number of primary amides is 1. The molecule has 2 aromatic carbocycles. The van der Waals surface area contributed by atoms with Crippen molar-refractivity contribution in [1.29, 1.82) is 0 Å². The molecule has 2 atom stereocenters. The maximum Gasteiger partial charge on any atom is 0.244 e. The van der Waals surface area contributed by atoms with Crippen LogP contribution in [0.4, 0.5) is 4.39 Å². The molecule has 3 rings (SSSR count). The number of ether oxygens (including phenoxy) is 1. The molecule has 32 heavy (non-hydrogen) atoms. The fourth-order valence-electron chi connectivity index (χ4n) is 4.01. The molecule has 2 unspecified atom stereocenters. The summed E-state index contributed by atoms with van der Waals surface area (Å²) in [4.78, 5) is 40.8. The van der Waals surface area contributed by atoms with Gasteiger partial charge in [-0.15, -0.1) is 0 Å². The average molecular weight is 442 g/mol. The first-order valence-corrected chi connectivity index (χ1v) is 10.6. The number of rotatable bonds is 8. The molecule has 0 saturated carbocycles. The smallest absolute Gasteiger partial charge is 0.244 e. The van der Waals surface area contributed by atoms with Gasteiger partial charge in [-0.1, -0.05) is 30.3 Å². The van der Waals surface area contributed by atoms with Crippen LogP contribution >= 0.6 is 0 Å². The monoisotopic (exact) mass is 441 g/mol. The van der Waals surface area contributed by atoms with Gasteiger partial charge in [0.2, 0.25) is 17.7 Å². The van der Waals surface area contributed by atoms with E-state index in [9.17, 15) is 18.8 Å². The topological polar surface area (TPSA) is 92.9 Å². The Bertz CT molecular complexity index is 953. The second-order valence-electron chi connectivity index (χ2n) is 7.90. The standard InChI is InChI=1S/C24H28FN3O4/c1-27(22(23(26)30)17-7-5-9-19(25)15-17)24(31)18-8-6-13-28(16-18)21(29)12-14-32-20-10-3-2-4-11-20/h2-5,7,9-11,15,18,22H,6,8,12-14,16H2,1H3,(H2,26,30). The van der Waals surface area contributed by atoms with Crippen molar-refractivity contribution in [3.05, 3.63) is 66.0 Å². The number of piperidine rings is 1. The highest BCUT2D eigenvalue weighted by atomic mass is 19.1. The Morgan fingerprint density at radius 2 is 1.94 bits per heavy atom. The number of amides is 3. The van der Waals surface area contributed by atoms with Gasteiger partial charge in [0, 0.05) is 20.1 Å². The van der Waals surface area contributed by atoms with Crippen LogP contribution in [0.3, 0.4) is 0 Å². The van der Waals surface area contributed by atoms with Crippen molar-refractivity contribution in [3.63, 3.8) is 0 Å². The van der Waals surface area contributed by atoms with E-state index < -0.39 is 23.7 Å². The molecule has 7 nitrogen and oxygen atoms in total. The summed E-state index contributed by atoms with van der Waals surface area (Å²) in [6.45, 7) is 1.09. The highest BCUT2D eigenvalue weighted by Crippen LogP contribution is 2.25. The highest BCUT2D eigenvalue weighted by molar-refractivity contribution is 5.89. The van der Waals surface area contributed by atoms with Crippen LogP contribution < -0.4 is 10.5 Å². The SMILES string of the molecule is CN(C(=O)C1CCCN(C(=O)CCOc2ccccc2)C1)C(C(N)=O)c1cccc(F)c1. The van der Waals surface area contributed by atoms with Crippen LogP contribution in [0.5, 0.6) is 5.75 Å². The molecule has 0 bridgehead atoms. The van der Waals surface area contributed by atoms with Gasteiger partial charge in [-0.25, -0.2) is 4.39 Å². The van der Waals surface area contributed by atoms with Gasteiger partial charge in [0.25, 0.3) is 0 Å². The van der Waals surface area contributed by atoms with Crippen molar-refractivity contribution in [2.75, 3.05) is 26.7 Å². The maximum absolute atomic E-state index is 13.7. The van der Waals surface area contributed by atoms with Crippen LogP contribution in [-0.4, -0.2) is 54.3 Å². The van der Waals surface area contributed by atoms with E-state index in [0.717, 1.165) is 0 Å². The number of hydrogen-bond donors (Lipinski definition) is 1. The van der Waals surface area contributed by atoms with E-state index in [1.54, 1.807) is 11.0 Å². The first kappa shape index (κ1) is 23.2. The molecule has 1 saturated heterocycles. The van der Waals surface area contributed by atoms with E-state index in [-0.39, 0.29) is 31.4 Å². The van der Waals surface area contributed by atoms with Gasteiger partial charge in [0.1, 0.15) is 17.6 Å². The number of nitrogens with zero attached hydrogens (tertiary/aromatic N) is 2. The summed E-state index contributed by atoms with van der Waals surface area (Å²) in [6, 6.07) is 13.7. The second-order valence-corrected chi connectivity index (χ2v) is 7.90. The molecule has 0 aliphatic carbocycles. The Morgan fingerprint density at radius 3 is 2.62 bits per heavy atom. The van der Waals surface area contributed by atoms with Crippen molar-refractivity contribution in [3.8, 4) is 5.75 Å². The second kappa shape index (κ2) is 10.7. The zero-order chi connectivity index (χ0) is 23.1. The summed E-state index contributed by atoms with van der Waals surface area (Å²) >= 11 is 0. The summed E-state index contributed by atoms with van der Waals surface area (Å²) in [5.41, 5.74) is 5.85. The third-order valence-corrected chi connectivity index (χ3v) is 5.62. The molecular weight excluding hydrogens is 413 g/mol. The lowest BCUT2D eigenvalue weighted by atomic mass is 9.94. The van der Waals surface area contributed by atoms with Gasteiger partial charge in [0.05, 0.1) is 18.9 Å². The van der Waals surface area contributed by atoms with E-state index in [4.69, 9.17) is 10.5 Å². The molecule has 1 aliphatic rings. The van der Waals surface area contributed by atoms with Crippen LogP contribution in [-0.2, 0) is 14.4 Å². The lowest BCUT2D eigenvalue weighted by Gasteiger charge is -2.36. The molecule has 0 spiro atoms. The van der Waals surface area contributed by atoms with Gasteiger partial charge in [0.15, 0.2) is 0 Å². The van der Waals surface area contributed by atoms with E-state index in [2.05, 4.69) is 0 Å². The Labute approximate surface area is 186 Å². The van der Waals surface area contributed by atoms with Crippen LogP contribution in [0.2, 0.25) is 0 Å². The molecule has 8 heteroatoms. The Morgan fingerprint density at radius 1 is 1.19 bits per heavy atom. The number of halogens is 1. The number of benzene rings is 2. The minimum Gasteiger partial charge on any atom is -0.493 e. The summed E-state index contributed by atoms with van der Waals surface area (Å²) in [5.74, 6) is -1.39. The van der Waals surface area contributed by atoms with Gasteiger partial charge in [-0.05, 0) is 42.7 Å². The zero-order valence-corrected chi connectivity index (χ0v) is 18.1. The lowest BCUT2D eigenvalue weighted by Crippen LogP contribution is -2.48. The summed E-state index contributed by atoms with van der Waals surface area (Å²) < 4.78 is 19.2. The van der Waals surface area contributed by atoms with Crippen molar-refractivity contribution in [2.24, 2.45) is 11.7 Å². The molecule has 1 heterocycles. The Kier molecular flexibility index (Phi) is 7.81. The van der Waals surface area contributed by atoms with E-state index in [1.807, 2.05) is 30.3 Å². The van der Waals surface area contributed by atoms with Crippen LogP contribution in [0.15, 0.2) is 54.6 Å². The van der Waals surface area contributed by atoms with Gasteiger partial charge in [-0.3, -0.25) is 14.4 Å². The minimum absolute atomic E-state index is 0.0855. The normalized spacial score (nSPS) is 16.8. The van der Waals surface area contributed by atoms with Crippen molar-refractivity contribution in [2.45, 2.75) is 25.3 Å². The van der Waals surface area contributed by atoms with Crippen molar-refractivity contribution in [1.82, 2.24) is 9.80 Å². The molecule has 0 radical (unpaired) electrons. The molecule has 1 fully saturated rings. The van der Waals surface area contributed by atoms with Crippen molar-refractivity contribution >= 4 is 17.7 Å². The fourth-order valence-corrected chi connectivity index (χ4v) is 4.01. The number of hydrogen-bond acceptors (Lipinski definition) is 4. The van der Waals surface area contributed by atoms with Crippen LogP contribution in [0.1, 0.15) is 30.9 Å². The molecule has 0 aromatic heterocycles. The lowest BCUT2D eigenvalue weighted by molar-refractivity contribution is -0.145. The predicted octanol–water partition coefficient (Wildman–Crippen LogP) is 2.52. The minimum atomic E-state index is -1.08.